The summed E-state index contributed by atoms with van der Waals surface area (Å²) in [7, 11) is -3.96. The maximum absolute atomic E-state index is 12.8. The van der Waals surface area contributed by atoms with Crippen LogP contribution in [0.5, 0.6) is 5.75 Å². The quantitative estimate of drug-likeness (QED) is 0.153. The summed E-state index contributed by atoms with van der Waals surface area (Å²) in [4.78, 5) is 25.2. The molecule has 35 heavy (non-hydrogen) atoms. The largest absolute Gasteiger partial charge is 0.506 e. The smallest absolute Gasteiger partial charge is 0.274 e. The van der Waals surface area contributed by atoms with E-state index in [1.165, 1.54) is 18.2 Å². The molecule has 12 heteroatoms. The summed E-state index contributed by atoms with van der Waals surface area (Å²) in [5, 5.41) is 27.4. The van der Waals surface area contributed by atoms with Crippen molar-refractivity contribution >= 4 is 50.5 Å². The number of phenols is 1. The Morgan fingerprint density at radius 1 is 1.09 bits per heavy atom. The van der Waals surface area contributed by atoms with E-state index in [-0.39, 0.29) is 33.4 Å². The zero-order chi connectivity index (χ0) is 26.6. The van der Waals surface area contributed by atoms with Crippen LogP contribution in [0.4, 0.5) is 11.4 Å². The molecule has 10 nitrogen and oxygen atoms in total. The third-order valence-corrected chi connectivity index (χ3v) is 6.77. The number of amides is 2. The van der Waals surface area contributed by atoms with E-state index in [2.05, 4.69) is 20.5 Å². The number of nitrogens with one attached hydrogen (secondary N) is 3. The van der Waals surface area contributed by atoms with Gasteiger partial charge in [-0.05, 0) is 31.5 Å². The topological polar surface area (TPSA) is 157 Å². The average molecular weight is 525 g/mol. The lowest BCUT2D eigenvalue weighted by atomic mass is 9.89. The first-order valence-corrected chi connectivity index (χ1v) is 12.5. The number of aromatic hydroxyl groups is 1. The number of hydrogen-bond acceptors (Lipinski definition) is 7. The predicted octanol–water partition coefficient (Wildman–Crippen LogP) is 3.86. The van der Waals surface area contributed by atoms with Gasteiger partial charge in [0.25, 0.3) is 5.91 Å². The normalized spacial score (nSPS) is 13.3. The van der Waals surface area contributed by atoms with Crippen LogP contribution in [0, 0.1) is 12.3 Å². The van der Waals surface area contributed by atoms with Gasteiger partial charge in [0.1, 0.15) is 17.5 Å². The number of carbonyl (C=O) groups is 2. The maximum Gasteiger partial charge on any atom is 0.274 e. The maximum atomic E-state index is 12.8. The van der Waals surface area contributed by atoms with Gasteiger partial charge in [-0.15, -0.1) is 0 Å². The summed E-state index contributed by atoms with van der Waals surface area (Å²) in [5.74, 6) is -1.86. The number of benzene rings is 2. The van der Waals surface area contributed by atoms with E-state index < -0.39 is 39.0 Å². The first-order valence-electron chi connectivity index (χ1n) is 10.7. The number of hydrogen-bond donors (Lipinski definition) is 5. The van der Waals surface area contributed by atoms with Crippen LogP contribution in [-0.2, 0) is 19.6 Å². The highest BCUT2D eigenvalue weighted by Crippen LogP contribution is 2.34. The second-order valence-corrected chi connectivity index (χ2v) is 11.0. The van der Waals surface area contributed by atoms with E-state index in [1.54, 1.807) is 39.8 Å². The van der Waals surface area contributed by atoms with E-state index in [9.17, 15) is 23.1 Å². The second-order valence-electron chi connectivity index (χ2n) is 8.89. The Labute approximate surface area is 209 Å². The van der Waals surface area contributed by atoms with Gasteiger partial charge in [-0.25, -0.2) is 8.42 Å². The van der Waals surface area contributed by atoms with Crippen LogP contribution in [0.25, 0.3) is 0 Å². The molecule has 0 bridgehead atoms. The molecule has 0 aromatic heterocycles. The van der Waals surface area contributed by atoms with Gasteiger partial charge in [0, 0.05) is 11.5 Å². The van der Waals surface area contributed by atoms with Crippen molar-refractivity contribution in [3.05, 3.63) is 47.0 Å². The summed E-state index contributed by atoms with van der Waals surface area (Å²) in [6, 6.07) is 7.38. The zero-order valence-electron chi connectivity index (χ0n) is 20.0. The van der Waals surface area contributed by atoms with Gasteiger partial charge >= 0.3 is 0 Å². The monoisotopic (exact) mass is 524 g/mol. The Hall–Kier alpha value is -3.15. The first-order chi connectivity index (χ1) is 16.2. The predicted molar refractivity (Wildman–Crippen MR) is 135 cm³/mol. The molecule has 0 saturated heterocycles. The lowest BCUT2D eigenvalue weighted by Crippen LogP contribution is -2.43. The molecule has 2 aromatic carbocycles. The van der Waals surface area contributed by atoms with Gasteiger partial charge in [-0.3, -0.25) is 9.59 Å². The van der Waals surface area contributed by atoms with E-state index in [4.69, 9.17) is 16.8 Å². The van der Waals surface area contributed by atoms with E-state index in [1.807, 2.05) is 6.92 Å². The third kappa shape index (κ3) is 7.17. The molecule has 2 amide bonds. The molecule has 1 unspecified atom stereocenters. The van der Waals surface area contributed by atoms with Gasteiger partial charge < -0.3 is 20.9 Å². The molecule has 0 spiro atoms. The fraction of sp³-hybridized carbons (Fsp3) is 0.348. The summed E-state index contributed by atoms with van der Waals surface area (Å²) >= 11 is 6.23. The average Bonchev–Trinajstić information content (AvgIpc) is 2.75. The Balaban J connectivity index is 2.20. The summed E-state index contributed by atoms with van der Waals surface area (Å²) in [5.41, 5.74) is -0.117. The Morgan fingerprint density at radius 3 is 2.20 bits per heavy atom. The number of sulfonamides is 1. The minimum Gasteiger partial charge on any atom is -0.506 e. The van der Waals surface area contributed by atoms with Crippen molar-refractivity contribution in [1.29, 1.82) is 0 Å². The molecule has 0 radical (unpaired) electrons. The molecule has 0 heterocycles. The lowest BCUT2D eigenvalue weighted by molar-refractivity contribution is -0.117. The van der Waals surface area contributed by atoms with Gasteiger partial charge in [0.15, 0.2) is 0 Å². The number of anilines is 2. The number of aryl methyl sites for hydroxylation is 1. The van der Waals surface area contributed by atoms with Gasteiger partial charge in [-0.2, -0.15) is 4.72 Å². The van der Waals surface area contributed by atoms with Gasteiger partial charge in [-0.1, -0.05) is 62.1 Å². The molecule has 2 aromatic rings. The minimum absolute atomic E-state index is 0.00650. The molecule has 5 N–H and O–H groups in total. The molecule has 0 aliphatic carbocycles. The van der Waals surface area contributed by atoms with Crippen molar-refractivity contribution in [3.8, 4) is 5.75 Å². The van der Waals surface area contributed by atoms with Gasteiger partial charge in [0.05, 0.1) is 21.3 Å². The highest BCUT2D eigenvalue weighted by Gasteiger charge is 2.28. The summed E-state index contributed by atoms with van der Waals surface area (Å²) in [6.45, 7) is 8.47. The standard InChI is InChI=1S/C23H29ClN4O6S/c1-6-16(28-35(33,34)14-9-7-13(2)8-10-14)21(30)25-17-12-19(29)18(11-15(17)24)26-22(31)20(27-32)23(3,4)5/h7-12,16,28-29,32H,6H2,1-5H3,(H,25,30)(H,26,31)/b27-20-. The molecular weight excluding hydrogens is 496 g/mol. The number of phenolic OH excluding ortho intramolecular Hbond substituents is 1. The fourth-order valence-electron chi connectivity index (χ4n) is 2.99. The molecule has 0 aliphatic rings. The molecule has 1 atom stereocenters. The summed E-state index contributed by atoms with van der Waals surface area (Å²) < 4.78 is 27.7. The highest BCUT2D eigenvalue weighted by atomic mass is 35.5. The van der Waals surface area contributed by atoms with Crippen LogP contribution in [0.15, 0.2) is 46.4 Å². The lowest BCUT2D eigenvalue weighted by Gasteiger charge is -2.20. The number of nitrogens with zero attached hydrogens (tertiary/aromatic N) is 1. The molecule has 190 valence electrons. The van der Waals surface area contributed by atoms with Crippen molar-refractivity contribution in [2.45, 2.75) is 52.0 Å². The van der Waals surface area contributed by atoms with Crippen LogP contribution in [-0.4, -0.2) is 42.3 Å². The molecule has 0 aliphatic heterocycles. The second kappa shape index (κ2) is 11.1. The van der Waals surface area contributed by atoms with E-state index >= 15 is 0 Å². The van der Waals surface area contributed by atoms with Crippen molar-refractivity contribution in [3.63, 3.8) is 0 Å². The number of carbonyl (C=O) groups excluding carboxylic acids is 2. The van der Waals surface area contributed by atoms with Crippen molar-refractivity contribution < 1.29 is 28.3 Å². The third-order valence-electron chi connectivity index (χ3n) is 4.97. The van der Waals surface area contributed by atoms with E-state index in [0.29, 0.717) is 0 Å². The van der Waals surface area contributed by atoms with Crippen molar-refractivity contribution in [2.75, 3.05) is 10.6 Å². The van der Waals surface area contributed by atoms with Crippen LogP contribution < -0.4 is 15.4 Å². The Morgan fingerprint density at radius 2 is 1.69 bits per heavy atom. The number of halogens is 1. The fourth-order valence-corrected chi connectivity index (χ4v) is 4.48. The number of rotatable bonds is 8. The number of oxime groups is 1. The van der Waals surface area contributed by atoms with Crippen molar-refractivity contribution in [1.82, 2.24) is 4.72 Å². The summed E-state index contributed by atoms with van der Waals surface area (Å²) in [6.07, 6.45) is 0.144. The highest BCUT2D eigenvalue weighted by molar-refractivity contribution is 7.89. The SMILES string of the molecule is CCC(NS(=O)(=O)c1ccc(C)cc1)C(=O)Nc1cc(O)c(NC(=O)/C(=N/O)C(C)(C)C)cc1Cl. The van der Waals surface area contributed by atoms with Crippen LogP contribution in [0.1, 0.15) is 39.7 Å². The zero-order valence-corrected chi connectivity index (χ0v) is 21.6. The molecule has 2 rings (SSSR count). The van der Waals surface area contributed by atoms with Crippen LogP contribution >= 0.6 is 11.6 Å². The molecular formula is C23H29ClN4O6S. The van der Waals surface area contributed by atoms with E-state index in [0.717, 1.165) is 11.6 Å². The first kappa shape index (κ1) is 28.1. The van der Waals surface area contributed by atoms with Crippen molar-refractivity contribution in [2.24, 2.45) is 10.6 Å². The van der Waals surface area contributed by atoms with Gasteiger partial charge in [0.2, 0.25) is 15.9 Å². The Kier molecular flexibility index (Phi) is 8.88. The molecule has 0 fully saturated rings. The van der Waals surface area contributed by atoms with Crippen LogP contribution in [0.2, 0.25) is 5.02 Å². The Bertz CT molecular complexity index is 1240. The molecule has 0 saturated carbocycles. The van der Waals surface area contributed by atoms with Crippen LogP contribution in [0.3, 0.4) is 0 Å². The minimum atomic E-state index is -3.96.